The highest BCUT2D eigenvalue weighted by molar-refractivity contribution is 6.12. The maximum absolute atomic E-state index is 13.9. The highest BCUT2D eigenvalue weighted by Gasteiger charge is 2.19. The van der Waals surface area contributed by atoms with E-state index in [0.29, 0.717) is 11.1 Å². The van der Waals surface area contributed by atoms with Crippen LogP contribution >= 0.6 is 0 Å². The summed E-state index contributed by atoms with van der Waals surface area (Å²) in [6, 6.07) is 6.40. The van der Waals surface area contributed by atoms with Gasteiger partial charge in [0, 0.05) is 6.20 Å². The van der Waals surface area contributed by atoms with E-state index >= 15 is 0 Å². The van der Waals surface area contributed by atoms with E-state index in [1.54, 1.807) is 32.0 Å². The van der Waals surface area contributed by atoms with Crippen molar-refractivity contribution in [1.82, 2.24) is 4.98 Å². The van der Waals surface area contributed by atoms with E-state index in [1.165, 1.54) is 12.3 Å². The minimum Gasteiger partial charge on any atom is -0.383 e. The standard InChI is InChI=1S/C14H13FN2O/c1-8-6-7-17-14(16)11(8)13(18)10-5-3-4-9(2)12(10)15/h3-7H,1-2H3,(H2,16,17). The zero-order valence-electron chi connectivity index (χ0n) is 10.2. The second kappa shape index (κ2) is 4.56. The quantitative estimate of drug-likeness (QED) is 0.826. The number of benzene rings is 1. The molecule has 0 amide bonds. The number of halogens is 1. The van der Waals surface area contributed by atoms with Gasteiger partial charge in [0.2, 0.25) is 0 Å². The Balaban J connectivity index is 2.59. The molecule has 2 rings (SSSR count). The van der Waals surface area contributed by atoms with E-state index in [2.05, 4.69) is 4.98 Å². The highest BCUT2D eigenvalue weighted by atomic mass is 19.1. The van der Waals surface area contributed by atoms with Gasteiger partial charge in [0.15, 0.2) is 5.78 Å². The number of carbonyl (C=O) groups is 1. The Bertz CT molecular complexity index is 603. The fourth-order valence-electron chi connectivity index (χ4n) is 1.83. The Kier molecular flexibility index (Phi) is 3.10. The van der Waals surface area contributed by atoms with E-state index in [1.807, 2.05) is 0 Å². The minimum absolute atomic E-state index is 0.0257. The van der Waals surface area contributed by atoms with Crippen LogP contribution in [0.15, 0.2) is 30.5 Å². The molecular formula is C14H13FN2O. The first-order valence-corrected chi connectivity index (χ1v) is 5.53. The maximum atomic E-state index is 13.9. The molecule has 0 spiro atoms. The molecule has 0 saturated heterocycles. The van der Waals surface area contributed by atoms with Gasteiger partial charge in [-0.05, 0) is 37.1 Å². The maximum Gasteiger partial charge on any atom is 0.199 e. The molecule has 0 aliphatic rings. The molecule has 3 nitrogen and oxygen atoms in total. The first-order chi connectivity index (χ1) is 8.52. The Morgan fingerprint density at radius 1 is 1.22 bits per heavy atom. The molecule has 2 aromatic rings. The molecule has 0 fully saturated rings. The Labute approximate surface area is 104 Å². The van der Waals surface area contributed by atoms with Crippen LogP contribution in [0, 0.1) is 19.7 Å². The van der Waals surface area contributed by atoms with Crippen molar-refractivity contribution in [2.75, 3.05) is 5.73 Å². The lowest BCUT2D eigenvalue weighted by Gasteiger charge is -2.09. The Morgan fingerprint density at radius 2 is 1.94 bits per heavy atom. The summed E-state index contributed by atoms with van der Waals surface area (Å²) in [6.45, 7) is 3.37. The second-order valence-electron chi connectivity index (χ2n) is 4.15. The second-order valence-corrected chi connectivity index (χ2v) is 4.15. The van der Waals surface area contributed by atoms with Crippen molar-refractivity contribution in [1.29, 1.82) is 0 Å². The molecule has 0 aliphatic heterocycles. The minimum atomic E-state index is -0.509. The van der Waals surface area contributed by atoms with Gasteiger partial charge in [-0.15, -0.1) is 0 Å². The van der Waals surface area contributed by atoms with Crippen LogP contribution in [0.3, 0.4) is 0 Å². The molecule has 2 N–H and O–H groups in total. The van der Waals surface area contributed by atoms with Gasteiger partial charge in [-0.3, -0.25) is 4.79 Å². The van der Waals surface area contributed by atoms with Crippen LogP contribution in [0.1, 0.15) is 27.0 Å². The highest BCUT2D eigenvalue weighted by Crippen LogP contribution is 2.21. The van der Waals surface area contributed by atoms with Crippen molar-refractivity contribution in [2.45, 2.75) is 13.8 Å². The topological polar surface area (TPSA) is 56.0 Å². The molecule has 4 heteroatoms. The number of hydrogen-bond donors (Lipinski definition) is 1. The number of nitrogen functional groups attached to an aromatic ring is 1. The summed E-state index contributed by atoms with van der Waals surface area (Å²) in [5.74, 6) is -0.814. The van der Waals surface area contributed by atoms with Gasteiger partial charge in [-0.1, -0.05) is 12.1 Å². The van der Waals surface area contributed by atoms with Crippen LogP contribution in [-0.2, 0) is 0 Å². The lowest BCUT2D eigenvalue weighted by molar-refractivity contribution is 0.103. The normalized spacial score (nSPS) is 10.4. The Hall–Kier alpha value is -2.23. The molecule has 1 aromatic carbocycles. The number of nitrogens with zero attached hydrogens (tertiary/aromatic N) is 1. The molecule has 0 unspecified atom stereocenters. The fourth-order valence-corrected chi connectivity index (χ4v) is 1.83. The smallest absolute Gasteiger partial charge is 0.199 e. The van der Waals surface area contributed by atoms with Crippen LogP contribution in [0.5, 0.6) is 0 Å². The summed E-state index contributed by atoms with van der Waals surface area (Å²) in [5.41, 5.74) is 7.10. The van der Waals surface area contributed by atoms with Crippen molar-refractivity contribution in [3.63, 3.8) is 0 Å². The van der Waals surface area contributed by atoms with Crippen LogP contribution in [0.25, 0.3) is 0 Å². The van der Waals surface area contributed by atoms with E-state index in [-0.39, 0.29) is 16.9 Å². The molecular weight excluding hydrogens is 231 g/mol. The SMILES string of the molecule is Cc1cccc(C(=O)c2c(C)ccnc2N)c1F. The zero-order valence-corrected chi connectivity index (χ0v) is 10.2. The third-order valence-electron chi connectivity index (χ3n) is 2.85. The molecule has 1 aromatic heterocycles. The average Bonchev–Trinajstić information content (AvgIpc) is 2.32. The monoisotopic (exact) mass is 244 g/mol. The summed E-state index contributed by atoms with van der Waals surface area (Å²) < 4.78 is 13.9. The van der Waals surface area contributed by atoms with E-state index in [9.17, 15) is 9.18 Å². The van der Waals surface area contributed by atoms with Crippen LogP contribution in [-0.4, -0.2) is 10.8 Å². The molecule has 92 valence electrons. The van der Waals surface area contributed by atoms with Gasteiger partial charge in [0.1, 0.15) is 11.6 Å². The number of pyridine rings is 1. The number of anilines is 1. The number of hydrogen-bond acceptors (Lipinski definition) is 3. The number of nitrogens with two attached hydrogens (primary N) is 1. The third-order valence-corrected chi connectivity index (χ3v) is 2.85. The predicted molar refractivity (Wildman–Crippen MR) is 68.0 cm³/mol. The lowest BCUT2D eigenvalue weighted by Crippen LogP contribution is -2.11. The third kappa shape index (κ3) is 1.97. The van der Waals surface area contributed by atoms with Gasteiger partial charge < -0.3 is 5.73 Å². The number of aryl methyl sites for hydroxylation is 2. The summed E-state index contributed by atoms with van der Waals surface area (Å²) in [4.78, 5) is 16.2. The molecule has 18 heavy (non-hydrogen) atoms. The van der Waals surface area contributed by atoms with E-state index < -0.39 is 11.6 Å². The average molecular weight is 244 g/mol. The molecule has 0 radical (unpaired) electrons. The molecule has 0 aliphatic carbocycles. The van der Waals surface area contributed by atoms with Gasteiger partial charge in [0.05, 0.1) is 11.1 Å². The number of rotatable bonds is 2. The van der Waals surface area contributed by atoms with Crippen LogP contribution in [0.2, 0.25) is 0 Å². The number of carbonyl (C=O) groups excluding carboxylic acids is 1. The van der Waals surface area contributed by atoms with Crippen molar-refractivity contribution in [3.8, 4) is 0 Å². The summed E-state index contributed by atoms with van der Waals surface area (Å²) >= 11 is 0. The van der Waals surface area contributed by atoms with Crippen molar-refractivity contribution >= 4 is 11.6 Å². The summed E-state index contributed by atoms with van der Waals surface area (Å²) in [5, 5.41) is 0. The largest absolute Gasteiger partial charge is 0.383 e. The molecule has 1 heterocycles. The van der Waals surface area contributed by atoms with E-state index in [4.69, 9.17) is 5.73 Å². The Morgan fingerprint density at radius 3 is 2.61 bits per heavy atom. The van der Waals surface area contributed by atoms with Crippen molar-refractivity contribution < 1.29 is 9.18 Å². The number of ketones is 1. The van der Waals surface area contributed by atoms with Gasteiger partial charge in [0.25, 0.3) is 0 Å². The van der Waals surface area contributed by atoms with Gasteiger partial charge in [-0.25, -0.2) is 9.37 Å². The fraction of sp³-hybridized carbons (Fsp3) is 0.143. The van der Waals surface area contributed by atoms with Crippen molar-refractivity contribution in [3.05, 3.63) is 58.5 Å². The first kappa shape index (κ1) is 12.2. The van der Waals surface area contributed by atoms with Crippen LogP contribution < -0.4 is 5.73 Å². The molecule has 0 atom stereocenters. The lowest BCUT2D eigenvalue weighted by atomic mass is 9.98. The predicted octanol–water partition coefficient (Wildman–Crippen LogP) is 2.65. The van der Waals surface area contributed by atoms with Crippen LogP contribution in [0.4, 0.5) is 10.2 Å². The zero-order chi connectivity index (χ0) is 13.3. The van der Waals surface area contributed by atoms with E-state index in [0.717, 1.165) is 0 Å². The molecule has 0 saturated carbocycles. The summed E-state index contributed by atoms with van der Waals surface area (Å²) in [7, 11) is 0. The summed E-state index contributed by atoms with van der Waals surface area (Å²) in [6.07, 6.45) is 1.52. The first-order valence-electron chi connectivity index (χ1n) is 5.53. The van der Waals surface area contributed by atoms with Gasteiger partial charge >= 0.3 is 0 Å². The van der Waals surface area contributed by atoms with Crippen molar-refractivity contribution in [2.24, 2.45) is 0 Å². The molecule has 0 bridgehead atoms. The number of aromatic nitrogens is 1. The van der Waals surface area contributed by atoms with Gasteiger partial charge in [-0.2, -0.15) is 0 Å².